The van der Waals surface area contributed by atoms with Gasteiger partial charge in [-0.2, -0.15) is 0 Å². The third-order valence-corrected chi connectivity index (χ3v) is 3.02. The first-order valence-electron chi connectivity index (χ1n) is 6.14. The van der Waals surface area contributed by atoms with Crippen molar-refractivity contribution in [3.05, 3.63) is 17.2 Å². The molecule has 0 aromatic heterocycles. The number of hydrogen-bond donors (Lipinski definition) is 2. The van der Waals surface area contributed by atoms with Crippen molar-refractivity contribution in [3.63, 3.8) is 0 Å². The summed E-state index contributed by atoms with van der Waals surface area (Å²) < 4.78 is 5.21. The lowest BCUT2D eigenvalue weighted by molar-refractivity contribution is 0.349. The Bertz CT molecular complexity index is 448. The van der Waals surface area contributed by atoms with Gasteiger partial charge < -0.3 is 14.9 Å². The largest absolute Gasteiger partial charge is 0.507 e. The van der Waals surface area contributed by atoms with Crippen LogP contribution in [0.25, 0.3) is 0 Å². The van der Waals surface area contributed by atoms with Gasteiger partial charge in [-0.25, -0.2) is 0 Å². The van der Waals surface area contributed by atoms with Crippen LogP contribution >= 0.6 is 0 Å². The maximum atomic E-state index is 10.4. The summed E-state index contributed by atoms with van der Waals surface area (Å²) in [7, 11) is 1.52. The molecule has 2 N–H and O–H groups in total. The Morgan fingerprint density at radius 2 is 1.39 bits per heavy atom. The van der Waals surface area contributed by atoms with Crippen molar-refractivity contribution in [1.82, 2.24) is 0 Å². The van der Waals surface area contributed by atoms with Crippen LogP contribution in [-0.2, 0) is 10.8 Å². The Morgan fingerprint density at radius 1 is 0.889 bits per heavy atom. The predicted octanol–water partition coefficient (Wildman–Crippen LogP) is 3.70. The van der Waals surface area contributed by atoms with E-state index >= 15 is 0 Å². The van der Waals surface area contributed by atoms with E-state index in [1.165, 1.54) is 7.11 Å². The normalized spacial score (nSPS) is 12.6. The Balaban J connectivity index is 3.71. The van der Waals surface area contributed by atoms with E-state index in [0.29, 0.717) is 11.3 Å². The van der Waals surface area contributed by atoms with Crippen molar-refractivity contribution in [3.8, 4) is 17.2 Å². The van der Waals surface area contributed by atoms with Crippen LogP contribution in [0.15, 0.2) is 6.07 Å². The van der Waals surface area contributed by atoms with E-state index in [1.54, 1.807) is 6.07 Å². The fourth-order valence-electron chi connectivity index (χ4n) is 2.08. The molecule has 0 aliphatic heterocycles. The average Bonchev–Trinajstić information content (AvgIpc) is 2.13. The fraction of sp³-hybridized carbons (Fsp3) is 0.600. The molecule has 3 nitrogen and oxygen atoms in total. The molecule has 0 unspecified atom stereocenters. The van der Waals surface area contributed by atoms with E-state index in [0.717, 1.165) is 5.56 Å². The summed E-state index contributed by atoms with van der Waals surface area (Å²) in [4.78, 5) is 0. The smallest absolute Gasteiger partial charge is 0.165 e. The predicted molar refractivity (Wildman–Crippen MR) is 73.7 cm³/mol. The Morgan fingerprint density at radius 3 is 1.72 bits per heavy atom. The lowest BCUT2D eigenvalue weighted by Crippen LogP contribution is -2.17. The third-order valence-electron chi connectivity index (χ3n) is 3.02. The lowest BCUT2D eigenvalue weighted by Gasteiger charge is -2.28. The molecular weight excluding hydrogens is 228 g/mol. The monoisotopic (exact) mass is 252 g/mol. The van der Waals surface area contributed by atoms with Crippen LogP contribution in [0.2, 0.25) is 0 Å². The lowest BCUT2D eigenvalue weighted by atomic mass is 9.79. The zero-order valence-electron chi connectivity index (χ0n) is 12.4. The molecule has 0 heterocycles. The Hall–Kier alpha value is -1.38. The minimum Gasteiger partial charge on any atom is -0.507 e. The quantitative estimate of drug-likeness (QED) is 0.801. The molecule has 1 rings (SSSR count). The summed E-state index contributed by atoms with van der Waals surface area (Å²) in [5, 5.41) is 20.7. The van der Waals surface area contributed by atoms with Gasteiger partial charge in [0.05, 0.1) is 7.11 Å². The van der Waals surface area contributed by atoms with Crippen molar-refractivity contribution in [2.24, 2.45) is 0 Å². The molecule has 1 aromatic rings. The molecule has 1 aromatic carbocycles. The molecule has 3 heteroatoms. The molecule has 0 saturated heterocycles. The minimum atomic E-state index is -0.358. The summed E-state index contributed by atoms with van der Waals surface area (Å²) in [6.45, 7) is 11.9. The highest BCUT2D eigenvalue weighted by atomic mass is 16.5. The van der Waals surface area contributed by atoms with Gasteiger partial charge in [0.2, 0.25) is 0 Å². The highest BCUT2D eigenvalue weighted by Crippen LogP contribution is 2.48. The van der Waals surface area contributed by atoms with E-state index < -0.39 is 0 Å². The number of aromatic hydroxyl groups is 2. The van der Waals surface area contributed by atoms with E-state index in [9.17, 15) is 10.2 Å². The summed E-state index contributed by atoms with van der Waals surface area (Å²) in [5.74, 6) is 0.589. The van der Waals surface area contributed by atoms with Gasteiger partial charge >= 0.3 is 0 Å². The summed E-state index contributed by atoms with van der Waals surface area (Å²) in [6, 6.07) is 1.71. The van der Waals surface area contributed by atoms with Crippen LogP contribution < -0.4 is 4.74 Å². The number of phenols is 2. The molecule has 0 atom stereocenters. The summed E-state index contributed by atoms with van der Waals surface area (Å²) >= 11 is 0. The summed E-state index contributed by atoms with van der Waals surface area (Å²) in [6.07, 6.45) is 0. The average molecular weight is 252 g/mol. The molecule has 0 spiro atoms. The van der Waals surface area contributed by atoms with Gasteiger partial charge in [0.25, 0.3) is 0 Å². The molecule has 0 aliphatic carbocycles. The van der Waals surface area contributed by atoms with Crippen LogP contribution in [-0.4, -0.2) is 17.3 Å². The zero-order chi connectivity index (χ0) is 14.3. The second-order valence-corrected chi connectivity index (χ2v) is 6.70. The first-order valence-corrected chi connectivity index (χ1v) is 6.14. The highest BCUT2D eigenvalue weighted by Gasteiger charge is 2.30. The standard InChI is InChI=1S/C15H24O3/c1-14(2,3)9-8-10(18-7)13(17)11(12(9)16)15(4,5)6/h8,16-17H,1-7H3. The maximum absolute atomic E-state index is 10.4. The van der Waals surface area contributed by atoms with Gasteiger partial charge in [-0.1, -0.05) is 41.5 Å². The van der Waals surface area contributed by atoms with Gasteiger partial charge in [-0.15, -0.1) is 0 Å². The van der Waals surface area contributed by atoms with Gasteiger partial charge in [0, 0.05) is 11.1 Å². The number of benzene rings is 1. The van der Waals surface area contributed by atoms with Crippen LogP contribution in [0.5, 0.6) is 17.2 Å². The van der Waals surface area contributed by atoms with Gasteiger partial charge in [-0.05, 0) is 16.9 Å². The topological polar surface area (TPSA) is 49.7 Å². The van der Waals surface area contributed by atoms with Crippen molar-refractivity contribution >= 4 is 0 Å². The van der Waals surface area contributed by atoms with Crippen molar-refractivity contribution in [1.29, 1.82) is 0 Å². The van der Waals surface area contributed by atoms with E-state index in [4.69, 9.17) is 4.74 Å². The van der Waals surface area contributed by atoms with Gasteiger partial charge in [0.1, 0.15) is 5.75 Å². The van der Waals surface area contributed by atoms with Crippen LogP contribution in [0.4, 0.5) is 0 Å². The van der Waals surface area contributed by atoms with Crippen LogP contribution in [0, 0.1) is 0 Å². The molecule has 102 valence electrons. The van der Waals surface area contributed by atoms with Crippen molar-refractivity contribution in [2.75, 3.05) is 7.11 Å². The SMILES string of the molecule is COc1cc(C(C)(C)C)c(O)c(C(C)(C)C)c1O. The molecule has 0 bridgehead atoms. The second kappa shape index (κ2) is 4.38. The first kappa shape index (κ1) is 14.7. The Labute approximate surface area is 109 Å². The van der Waals surface area contributed by atoms with E-state index in [2.05, 4.69) is 0 Å². The fourth-order valence-corrected chi connectivity index (χ4v) is 2.08. The van der Waals surface area contributed by atoms with Crippen LogP contribution in [0.3, 0.4) is 0 Å². The molecular formula is C15H24O3. The number of methoxy groups -OCH3 is 1. The highest BCUT2D eigenvalue weighted by molar-refractivity contribution is 5.60. The van der Waals surface area contributed by atoms with Crippen molar-refractivity contribution < 1.29 is 14.9 Å². The number of hydrogen-bond acceptors (Lipinski definition) is 3. The van der Waals surface area contributed by atoms with Gasteiger partial charge in [-0.3, -0.25) is 0 Å². The van der Waals surface area contributed by atoms with E-state index in [-0.39, 0.29) is 22.3 Å². The maximum Gasteiger partial charge on any atom is 0.165 e. The zero-order valence-corrected chi connectivity index (χ0v) is 12.4. The van der Waals surface area contributed by atoms with Gasteiger partial charge in [0.15, 0.2) is 11.5 Å². The van der Waals surface area contributed by atoms with E-state index in [1.807, 2.05) is 41.5 Å². The molecule has 0 saturated carbocycles. The molecule has 0 amide bonds. The number of ether oxygens (including phenoxy) is 1. The number of phenolic OH excluding ortho intramolecular Hbond substituents is 2. The Kier molecular flexibility index (Phi) is 3.57. The molecule has 0 radical (unpaired) electrons. The molecule has 0 aliphatic rings. The first-order chi connectivity index (χ1) is 8.00. The number of rotatable bonds is 1. The molecule has 0 fully saturated rings. The minimum absolute atomic E-state index is 0.0236. The van der Waals surface area contributed by atoms with Crippen molar-refractivity contribution in [2.45, 2.75) is 52.4 Å². The molecule has 18 heavy (non-hydrogen) atoms. The van der Waals surface area contributed by atoms with Crippen LogP contribution in [0.1, 0.15) is 52.7 Å². The summed E-state index contributed by atoms with van der Waals surface area (Å²) in [5.41, 5.74) is 0.738. The second-order valence-electron chi connectivity index (χ2n) is 6.70. The third kappa shape index (κ3) is 2.55.